The summed E-state index contributed by atoms with van der Waals surface area (Å²) in [6, 6.07) is 6.50. The van der Waals surface area contributed by atoms with Crippen molar-refractivity contribution in [3.63, 3.8) is 0 Å². The number of anilines is 1. The predicted octanol–water partition coefficient (Wildman–Crippen LogP) is 3.87. The summed E-state index contributed by atoms with van der Waals surface area (Å²) in [4.78, 5) is 22.4. The fourth-order valence-corrected chi connectivity index (χ4v) is 2.09. The molecule has 0 aliphatic carbocycles. The zero-order valence-corrected chi connectivity index (χ0v) is 11.4. The van der Waals surface area contributed by atoms with Crippen molar-refractivity contribution in [3.05, 3.63) is 70.0 Å². The van der Waals surface area contributed by atoms with Crippen LogP contribution in [0.1, 0.15) is 10.4 Å². The maximum Gasteiger partial charge on any atom is 0.270 e. The lowest BCUT2D eigenvalue weighted by atomic mass is 10.1. The molecule has 1 aromatic heterocycles. The lowest BCUT2D eigenvalue weighted by Crippen LogP contribution is -2.12. The number of nitrogens with zero attached hydrogens (tertiary/aromatic N) is 1. The molecule has 1 amide bonds. The number of carbonyl (C=O) groups is 1. The number of amides is 1. The number of nitro benzene ring substituents is 1. The highest BCUT2D eigenvalue weighted by molar-refractivity contribution is 6.12. The third kappa shape index (κ3) is 2.73. The summed E-state index contributed by atoms with van der Waals surface area (Å²) in [5.74, 6) is -2.43. The fraction of sp³-hybridized carbons (Fsp3) is 0. The summed E-state index contributed by atoms with van der Waals surface area (Å²) in [6.45, 7) is 0. The Kier molecular flexibility index (Phi) is 3.49. The van der Waals surface area contributed by atoms with Gasteiger partial charge in [-0.1, -0.05) is 0 Å². The third-order valence-electron chi connectivity index (χ3n) is 3.19. The van der Waals surface area contributed by atoms with Gasteiger partial charge in [-0.2, -0.15) is 0 Å². The van der Waals surface area contributed by atoms with Gasteiger partial charge < -0.3 is 9.73 Å². The largest absolute Gasteiger partial charge is 0.463 e. The Hall–Kier alpha value is -3.29. The number of carbonyl (C=O) groups excluding carboxylic acids is 1. The normalized spacial score (nSPS) is 10.7. The summed E-state index contributed by atoms with van der Waals surface area (Å²) in [5, 5.41) is 13.3. The van der Waals surface area contributed by atoms with Crippen LogP contribution >= 0.6 is 0 Å². The lowest BCUT2D eigenvalue weighted by molar-refractivity contribution is -0.384. The van der Waals surface area contributed by atoms with Crippen molar-refractivity contribution in [1.82, 2.24) is 0 Å². The van der Waals surface area contributed by atoms with E-state index in [2.05, 4.69) is 5.32 Å². The topological polar surface area (TPSA) is 85.4 Å². The molecule has 0 bridgehead atoms. The van der Waals surface area contributed by atoms with Crippen molar-refractivity contribution in [2.45, 2.75) is 0 Å². The standard InChI is InChI=1S/C15H8F2N2O4/c16-8-1-3-13(12(17)5-8)18-15(20)11-7-23-14-4-2-9(19(21)22)6-10(11)14/h1-7H,(H,18,20). The highest BCUT2D eigenvalue weighted by atomic mass is 19.1. The number of fused-ring (bicyclic) bond motifs is 1. The number of benzene rings is 2. The quantitative estimate of drug-likeness (QED) is 0.586. The number of nitro groups is 1. The number of hydrogen-bond acceptors (Lipinski definition) is 4. The van der Waals surface area contributed by atoms with Crippen molar-refractivity contribution in [2.75, 3.05) is 5.32 Å². The minimum atomic E-state index is -0.933. The van der Waals surface area contributed by atoms with E-state index in [4.69, 9.17) is 4.42 Å². The first kappa shape index (κ1) is 14.6. The first-order chi connectivity index (χ1) is 11.0. The van der Waals surface area contributed by atoms with E-state index in [0.717, 1.165) is 18.4 Å². The molecule has 0 saturated carbocycles. The average molecular weight is 318 g/mol. The maximum absolute atomic E-state index is 13.6. The van der Waals surface area contributed by atoms with Crippen LogP contribution in [-0.2, 0) is 0 Å². The molecule has 1 heterocycles. The molecule has 0 aliphatic rings. The molecule has 3 rings (SSSR count). The molecule has 2 aromatic carbocycles. The summed E-state index contributed by atoms with van der Waals surface area (Å²) < 4.78 is 31.6. The van der Waals surface area contributed by atoms with E-state index >= 15 is 0 Å². The summed E-state index contributed by atoms with van der Waals surface area (Å²) >= 11 is 0. The minimum absolute atomic E-state index is 0.00687. The maximum atomic E-state index is 13.6. The molecule has 23 heavy (non-hydrogen) atoms. The van der Waals surface area contributed by atoms with E-state index in [1.165, 1.54) is 18.2 Å². The van der Waals surface area contributed by atoms with Crippen molar-refractivity contribution in [3.8, 4) is 0 Å². The first-order valence-electron chi connectivity index (χ1n) is 6.38. The van der Waals surface area contributed by atoms with Gasteiger partial charge in [-0.25, -0.2) is 8.78 Å². The van der Waals surface area contributed by atoms with Gasteiger partial charge in [0.2, 0.25) is 0 Å². The number of rotatable bonds is 3. The van der Waals surface area contributed by atoms with Crippen molar-refractivity contribution < 1.29 is 22.9 Å². The predicted molar refractivity (Wildman–Crippen MR) is 77.2 cm³/mol. The van der Waals surface area contributed by atoms with Crippen LogP contribution in [0, 0.1) is 21.7 Å². The molecule has 0 radical (unpaired) electrons. The van der Waals surface area contributed by atoms with Crippen molar-refractivity contribution in [2.24, 2.45) is 0 Å². The van der Waals surface area contributed by atoms with Crippen LogP contribution < -0.4 is 5.32 Å². The van der Waals surface area contributed by atoms with Gasteiger partial charge in [0.05, 0.1) is 16.2 Å². The Bertz CT molecular complexity index is 936. The smallest absolute Gasteiger partial charge is 0.270 e. The molecule has 0 fully saturated rings. The minimum Gasteiger partial charge on any atom is -0.463 e. The molecule has 0 atom stereocenters. The highest BCUT2D eigenvalue weighted by Crippen LogP contribution is 2.27. The molecule has 1 N–H and O–H groups in total. The Balaban J connectivity index is 1.97. The summed E-state index contributed by atoms with van der Waals surface area (Å²) in [5.41, 5.74) is -0.134. The fourth-order valence-electron chi connectivity index (χ4n) is 2.09. The van der Waals surface area contributed by atoms with Crippen LogP contribution in [-0.4, -0.2) is 10.8 Å². The van der Waals surface area contributed by atoms with Crippen molar-refractivity contribution >= 4 is 28.3 Å². The van der Waals surface area contributed by atoms with Crippen LogP contribution in [0.4, 0.5) is 20.2 Å². The Morgan fingerprint density at radius 2 is 1.96 bits per heavy atom. The van der Waals surface area contributed by atoms with Crippen molar-refractivity contribution in [1.29, 1.82) is 0 Å². The second kappa shape index (κ2) is 5.48. The van der Waals surface area contributed by atoms with Gasteiger partial charge in [0.1, 0.15) is 23.5 Å². The van der Waals surface area contributed by atoms with Crippen LogP contribution in [0.5, 0.6) is 0 Å². The monoisotopic (exact) mass is 318 g/mol. The average Bonchev–Trinajstić information content (AvgIpc) is 2.93. The van der Waals surface area contributed by atoms with E-state index in [1.807, 2.05) is 0 Å². The van der Waals surface area contributed by atoms with Gasteiger partial charge in [0.15, 0.2) is 0 Å². The molecule has 8 heteroatoms. The zero-order chi connectivity index (χ0) is 16.6. The molecule has 116 valence electrons. The Labute approximate surface area is 127 Å². The van der Waals surface area contributed by atoms with Gasteiger partial charge >= 0.3 is 0 Å². The van der Waals surface area contributed by atoms with Gasteiger partial charge in [0, 0.05) is 23.6 Å². The Morgan fingerprint density at radius 1 is 1.17 bits per heavy atom. The van der Waals surface area contributed by atoms with E-state index in [0.29, 0.717) is 6.07 Å². The number of non-ortho nitro benzene ring substituents is 1. The number of halogens is 2. The summed E-state index contributed by atoms with van der Waals surface area (Å²) in [7, 11) is 0. The highest BCUT2D eigenvalue weighted by Gasteiger charge is 2.18. The molecule has 6 nitrogen and oxygen atoms in total. The van der Waals surface area contributed by atoms with Gasteiger partial charge in [-0.3, -0.25) is 14.9 Å². The third-order valence-corrected chi connectivity index (χ3v) is 3.19. The summed E-state index contributed by atoms with van der Waals surface area (Å²) in [6.07, 6.45) is 1.12. The molecule has 0 unspecified atom stereocenters. The number of nitrogens with one attached hydrogen (secondary N) is 1. The van der Waals surface area contributed by atoms with Crippen LogP contribution in [0.3, 0.4) is 0 Å². The van der Waals surface area contributed by atoms with E-state index < -0.39 is 22.5 Å². The lowest BCUT2D eigenvalue weighted by Gasteiger charge is -2.05. The molecular formula is C15H8F2N2O4. The van der Waals surface area contributed by atoms with E-state index in [1.54, 1.807) is 0 Å². The molecule has 3 aromatic rings. The number of furan rings is 1. The van der Waals surface area contributed by atoms with Gasteiger partial charge in [-0.15, -0.1) is 0 Å². The van der Waals surface area contributed by atoms with E-state index in [-0.39, 0.29) is 27.9 Å². The van der Waals surface area contributed by atoms with E-state index in [9.17, 15) is 23.7 Å². The van der Waals surface area contributed by atoms with Gasteiger partial charge in [0.25, 0.3) is 11.6 Å². The molecule has 0 saturated heterocycles. The Morgan fingerprint density at radius 3 is 2.65 bits per heavy atom. The second-order valence-corrected chi connectivity index (χ2v) is 4.67. The van der Waals surface area contributed by atoms with Crippen LogP contribution in [0.2, 0.25) is 0 Å². The molecule has 0 aliphatic heterocycles. The zero-order valence-electron chi connectivity index (χ0n) is 11.4. The van der Waals surface area contributed by atoms with Gasteiger partial charge in [-0.05, 0) is 18.2 Å². The SMILES string of the molecule is O=C(Nc1ccc(F)cc1F)c1coc2ccc([N+](=O)[O-])cc12. The molecule has 0 spiro atoms. The first-order valence-corrected chi connectivity index (χ1v) is 6.38. The second-order valence-electron chi connectivity index (χ2n) is 4.67. The van der Waals surface area contributed by atoms with Crippen LogP contribution in [0.25, 0.3) is 11.0 Å². The molecular weight excluding hydrogens is 310 g/mol. The van der Waals surface area contributed by atoms with Crippen LogP contribution in [0.15, 0.2) is 47.1 Å². The number of hydrogen-bond donors (Lipinski definition) is 1.